The van der Waals surface area contributed by atoms with Gasteiger partial charge in [-0.25, -0.2) is 4.79 Å². The van der Waals surface area contributed by atoms with Gasteiger partial charge in [-0.3, -0.25) is 4.79 Å². The fourth-order valence-corrected chi connectivity index (χ4v) is 4.65. The minimum Gasteiger partial charge on any atom is -0.394 e. The van der Waals surface area contributed by atoms with Crippen LogP contribution in [0.25, 0.3) is 0 Å². The van der Waals surface area contributed by atoms with Crippen LogP contribution >= 0.6 is 0 Å². The second-order valence-corrected chi connectivity index (χ2v) is 7.81. The Balaban J connectivity index is 1.58. The molecule has 1 spiro atoms. The number of hydrogen-bond donors (Lipinski definition) is 2. The number of nitrogens with zero attached hydrogens (tertiary/aromatic N) is 2. The molecule has 0 aromatic heterocycles. The zero-order valence-electron chi connectivity index (χ0n) is 15.2. The number of nitrogens with one attached hydrogen (secondary N) is 1. The van der Waals surface area contributed by atoms with Gasteiger partial charge in [0, 0.05) is 31.5 Å². The molecule has 3 fully saturated rings. The average Bonchev–Trinajstić information content (AvgIpc) is 3.44. The highest BCUT2D eigenvalue weighted by atomic mass is 16.3. The Morgan fingerprint density at radius 1 is 1.23 bits per heavy atom. The zero-order chi connectivity index (χ0) is 18.3. The number of amides is 3. The van der Waals surface area contributed by atoms with Gasteiger partial charge in [-0.1, -0.05) is 37.3 Å². The zero-order valence-corrected chi connectivity index (χ0v) is 15.2. The summed E-state index contributed by atoms with van der Waals surface area (Å²) in [7, 11) is 0. The Kier molecular flexibility index (Phi) is 4.39. The number of carbonyl (C=O) groups is 2. The molecule has 2 N–H and O–H groups in total. The van der Waals surface area contributed by atoms with Crippen molar-refractivity contribution in [3.8, 4) is 0 Å². The highest BCUT2D eigenvalue weighted by Crippen LogP contribution is 2.55. The van der Waals surface area contributed by atoms with Crippen LogP contribution in [-0.4, -0.2) is 64.7 Å². The van der Waals surface area contributed by atoms with Crippen molar-refractivity contribution in [1.29, 1.82) is 0 Å². The third-order valence-electron chi connectivity index (χ3n) is 6.03. The largest absolute Gasteiger partial charge is 0.394 e. The smallest absolute Gasteiger partial charge is 0.317 e. The molecule has 4 rings (SSSR count). The van der Waals surface area contributed by atoms with Crippen LogP contribution in [0.5, 0.6) is 0 Å². The minimum atomic E-state index is -0.363. The van der Waals surface area contributed by atoms with Gasteiger partial charge in [0.2, 0.25) is 5.91 Å². The van der Waals surface area contributed by atoms with Crippen LogP contribution in [-0.2, 0) is 4.79 Å². The summed E-state index contributed by atoms with van der Waals surface area (Å²) in [5, 5.41) is 12.9. The third-order valence-corrected chi connectivity index (χ3v) is 6.03. The minimum absolute atomic E-state index is 0.0399. The maximum Gasteiger partial charge on any atom is 0.317 e. The predicted molar refractivity (Wildman–Crippen MR) is 97.6 cm³/mol. The van der Waals surface area contributed by atoms with Gasteiger partial charge >= 0.3 is 6.03 Å². The normalized spacial score (nSPS) is 26.2. The fraction of sp³-hybridized carbons (Fsp3) is 0.600. The van der Waals surface area contributed by atoms with Crippen molar-refractivity contribution in [3.05, 3.63) is 35.9 Å². The lowest BCUT2D eigenvalue weighted by Gasteiger charge is -2.70. The van der Waals surface area contributed by atoms with Gasteiger partial charge in [-0.15, -0.1) is 0 Å². The van der Waals surface area contributed by atoms with E-state index >= 15 is 0 Å². The monoisotopic (exact) mass is 357 g/mol. The van der Waals surface area contributed by atoms with Gasteiger partial charge in [-0.2, -0.15) is 0 Å². The van der Waals surface area contributed by atoms with E-state index in [9.17, 15) is 14.7 Å². The van der Waals surface area contributed by atoms with Crippen molar-refractivity contribution in [2.45, 2.75) is 43.7 Å². The molecular weight excluding hydrogens is 330 g/mol. The molecule has 0 bridgehead atoms. The summed E-state index contributed by atoms with van der Waals surface area (Å²) in [4.78, 5) is 28.9. The van der Waals surface area contributed by atoms with Gasteiger partial charge in [0.15, 0.2) is 0 Å². The maximum absolute atomic E-state index is 12.9. The maximum atomic E-state index is 12.9. The molecule has 3 amide bonds. The van der Waals surface area contributed by atoms with Crippen LogP contribution < -0.4 is 5.32 Å². The third kappa shape index (κ3) is 2.58. The molecular formula is C20H27N3O3. The summed E-state index contributed by atoms with van der Waals surface area (Å²) in [6, 6.07) is 9.84. The average molecular weight is 357 g/mol. The molecule has 2 aliphatic heterocycles. The molecule has 0 radical (unpaired) electrons. The van der Waals surface area contributed by atoms with Crippen molar-refractivity contribution in [2.75, 3.05) is 26.2 Å². The number of likely N-dealkylation sites (tertiary alicyclic amines) is 2. The number of aliphatic hydroxyl groups excluding tert-OH is 1. The van der Waals surface area contributed by atoms with Crippen LogP contribution in [0.2, 0.25) is 0 Å². The van der Waals surface area contributed by atoms with Gasteiger partial charge in [-0.05, 0) is 24.8 Å². The first-order valence-corrected chi connectivity index (χ1v) is 9.64. The van der Waals surface area contributed by atoms with E-state index in [-0.39, 0.29) is 42.0 Å². The summed E-state index contributed by atoms with van der Waals surface area (Å²) in [5.41, 5.74) is 0.776. The van der Waals surface area contributed by atoms with E-state index in [0.717, 1.165) is 24.8 Å². The van der Waals surface area contributed by atoms with Crippen LogP contribution in [0, 0.1) is 5.92 Å². The van der Waals surface area contributed by atoms with E-state index in [1.54, 1.807) is 4.90 Å². The van der Waals surface area contributed by atoms with Crippen LogP contribution in [0.4, 0.5) is 4.79 Å². The topological polar surface area (TPSA) is 72.9 Å². The van der Waals surface area contributed by atoms with E-state index in [2.05, 4.69) is 17.4 Å². The molecule has 6 nitrogen and oxygen atoms in total. The summed E-state index contributed by atoms with van der Waals surface area (Å²) >= 11 is 0. The Morgan fingerprint density at radius 2 is 1.92 bits per heavy atom. The van der Waals surface area contributed by atoms with E-state index in [1.807, 2.05) is 30.0 Å². The standard InChI is InChI=1S/C20H27N3O3/c1-2-10-21-19(26)22-12-20(13-22)17(14-6-4-3-5-7-14)16(11-24)23(20)18(25)15-8-9-15/h3-7,15-17,24H,2,8-13H2,1H3,(H,21,26)/t16-,17-/m0/s1. The fourth-order valence-electron chi connectivity index (χ4n) is 4.65. The molecule has 140 valence electrons. The summed E-state index contributed by atoms with van der Waals surface area (Å²) in [6.45, 7) is 3.72. The number of aliphatic hydroxyl groups is 1. The molecule has 1 aromatic rings. The van der Waals surface area contributed by atoms with E-state index in [1.165, 1.54) is 0 Å². The van der Waals surface area contributed by atoms with Gasteiger partial charge in [0.05, 0.1) is 18.2 Å². The molecule has 2 heterocycles. The lowest BCUT2D eigenvalue weighted by Crippen LogP contribution is -2.86. The molecule has 0 unspecified atom stereocenters. The second kappa shape index (κ2) is 6.58. The van der Waals surface area contributed by atoms with Crippen molar-refractivity contribution < 1.29 is 14.7 Å². The second-order valence-electron chi connectivity index (χ2n) is 7.81. The van der Waals surface area contributed by atoms with Crippen molar-refractivity contribution in [3.63, 3.8) is 0 Å². The first-order valence-electron chi connectivity index (χ1n) is 9.64. The number of carbonyl (C=O) groups excluding carboxylic acids is 2. The molecule has 2 saturated heterocycles. The SMILES string of the molecule is CCCNC(=O)N1CC2(C1)[C@@H](c1ccccc1)[C@H](CO)N2C(=O)C1CC1. The molecule has 1 saturated carbocycles. The van der Waals surface area contributed by atoms with E-state index in [4.69, 9.17) is 0 Å². The Hall–Kier alpha value is -2.08. The lowest BCUT2D eigenvalue weighted by molar-refractivity contribution is -0.194. The first-order chi connectivity index (χ1) is 12.6. The quantitative estimate of drug-likeness (QED) is 0.840. The van der Waals surface area contributed by atoms with Crippen molar-refractivity contribution in [2.24, 2.45) is 5.92 Å². The van der Waals surface area contributed by atoms with Crippen LogP contribution in [0.3, 0.4) is 0 Å². The molecule has 1 aromatic carbocycles. The molecule has 2 atom stereocenters. The summed E-state index contributed by atoms with van der Waals surface area (Å²) in [6.07, 6.45) is 2.79. The molecule has 1 aliphatic carbocycles. The van der Waals surface area contributed by atoms with E-state index in [0.29, 0.717) is 19.6 Å². The summed E-state index contributed by atoms with van der Waals surface area (Å²) < 4.78 is 0. The van der Waals surface area contributed by atoms with Crippen molar-refractivity contribution in [1.82, 2.24) is 15.1 Å². The Labute approximate surface area is 154 Å². The van der Waals surface area contributed by atoms with Gasteiger partial charge in [0.25, 0.3) is 0 Å². The number of rotatable bonds is 5. The van der Waals surface area contributed by atoms with E-state index < -0.39 is 0 Å². The lowest BCUT2D eigenvalue weighted by atomic mass is 9.60. The predicted octanol–water partition coefficient (Wildman–Crippen LogP) is 1.56. The van der Waals surface area contributed by atoms with Crippen molar-refractivity contribution >= 4 is 11.9 Å². The highest BCUT2D eigenvalue weighted by molar-refractivity contribution is 5.85. The highest BCUT2D eigenvalue weighted by Gasteiger charge is 2.68. The Morgan fingerprint density at radius 3 is 2.50 bits per heavy atom. The summed E-state index contributed by atoms with van der Waals surface area (Å²) in [5.74, 6) is 0.345. The number of hydrogen-bond acceptors (Lipinski definition) is 3. The first kappa shape index (κ1) is 17.3. The number of urea groups is 1. The number of benzene rings is 1. The van der Waals surface area contributed by atoms with Gasteiger partial charge < -0.3 is 20.2 Å². The Bertz CT molecular complexity index is 683. The molecule has 26 heavy (non-hydrogen) atoms. The van der Waals surface area contributed by atoms with Crippen LogP contribution in [0.1, 0.15) is 37.7 Å². The van der Waals surface area contributed by atoms with Gasteiger partial charge in [0.1, 0.15) is 0 Å². The molecule has 3 aliphatic rings. The molecule has 6 heteroatoms. The van der Waals surface area contributed by atoms with Crippen LogP contribution in [0.15, 0.2) is 30.3 Å².